The third kappa shape index (κ3) is 2.61. The quantitative estimate of drug-likeness (QED) is 0.725. The standard InChI is InChI=1S/C16H15FN4OS/c17-11-3-4-15-13(6-11)18-9-21(15)12-2-1-5-20(7-12)16(22)14-8-23-10-19-14/h3-4,6,8-10,12H,1-2,5,7H2/t12-/m1/s1. The molecule has 1 saturated heterocycles. The van der Waals surface area contributed by atoms with Gasteiger partial charge >= 0.3 is 0 Å². The zero-order valence-corrected chi connectivity index (χ0v) is 13.2. The van der Waals surface area contributed by atoms with E-state index in [-0.39, 0.29) is 17.8 Å². The van der Waals surface area contributed by atoms with Gasteiger partial charge in [-0.15, -0.1) is 11.3 Å². The van der Waals surface area contributed by atoms with Gasteiger partial charge in [-0.3, -0.25) is 4.79 Å². The third-order valence-electron chi connectivity index (χ3n) is 4.27. The van der Waals surface area contributed by atoms with Crippen LogP contribution in [0.5, 0.6) is 0 Å². The van der Waals surface area contributed by atoms with Crippen LogP contribution < -0.4 is 0 Å². The predicted molar refractivity (Wildman–Crippen MR) is 86.0 cm³/mol. The third-order valence-corrected chi connectivity index (χ3v) is 4.85. The van der Waals surface area contributed by atoms with Crippen molar-refractivity contribution in [1.29, 1.82) is 0 Å². The molecule has 5 nitrogen and oxygen atoms in total. The van der Waals surface area contributed by atoms with Crippen molar-refractivity contribution < 1.29 is 9.18 Å². The Hall–Kier alpha value is -2.28. The maximum Gasteiger partial charge on any atom is 0.273 e. The van der Waals surface area contributed by atoms with Crippen LogP contribution in [0.2, 0.25) is 0 Å². The molecule has 3 heterocycles. The van der Waals surface area contributed by atoms with Gasteiger partial charge < -0.3 is 9.47 Å². The van der Waals surface area contributed by atoms with E-state index in [0.29, 0.717) is 17.8 Å². The summed E-state index contributed by atoms with van der Waals surface area (Å²) < 4.78 is 15.4. The van der Waals surface area contributed by atoms with E-state index in [2.05, 4.69) is 14.5 Å². The summed E-state index contributed by atoms with van der Waals surface area (Å²) in [7, 11) is 0. The molecule has 0 N–H and O–H groups in total. The Labute approximate surface area is 136 Å². The highest BCUT2D eigenvalue weighted by Gasteiger charge is 2.27. The molecule has 23 heavy (non-hydrogen) atoms. The number of halogens is 1. The highest BCUT2D eigenvalue weighted by atomic mass is 32.1. The van der Waals surface area contributed by atoms with E-state index in [9.17, 15) is 9.18 Å². The Bertz CT molecular complexity index is 845. The minimum atomic E-state index is -0.285. The minimum Gasteiger partial charge on any atom is -0.335 e. The number of benzene rings is 1. The van der Waals surface area contributed by atoms with Crippen molar-refractivity contribution in [1.82, 2.24) is 19.4 Å². The molecule has 1 aliphatic rings. The monoisotopic (exact) mass is 330 g/mol. The number of nitrogens with zero attached hydrogens (tertiary/aromatic N) is 4. The first-order chi connectivity index (χ1) is 11.2. The van der Waals surface area contributed by atoms with Crippen molar-refractivity contribution in [2.24, 2.45) is 0 Å². The Balaban J connectivity index is 1.60. The number of aromatic nitrogens is 3. The van der Waals surface area contributed by atoms with Crippen molar-refractivity contribution in [2.75, 3.05) is 13.1 Å². The normalized spacial score (nSPS) is 18.5. The molecule has 1 aromatic carbocycles. The SMILES string of the molecule is O=C(c1cscn1)N1CCC[C@@H](n2cnc3cc(F)ccc32)C1. The number of amides is 1. The average molecular weight is 330 g/mol. The van der Waals surface area contributed by atoms with Gasteiger partial charge in [0.05, 0.1) is 28.9 Å². The highest BCUT2D eigenvalue weighted by molar-refractivity contribution is 7.07. The van der Waals surface area contributed by atoms with E-state index >= 15 is 0 Å². The molecule has 0 spiro atoms. The zero-order valence-electron chi connectivity index (χ0n) is 12.4. The zero-order chi connectivity index (χ0) is 15.8. The predicted octanol–water partition coefficient (Wildman–Crippen LogP) is 3.11. The summed E-state index contributed by atoms with van der Waals surface area (Å²) in [5, 5.41) is 1.78. The number of rotatable bonds is 2. The van der Waals surface area contributed by atoms with Crippen LogP contribution in [0.25, 0.3) is 11.0 Å². The number of carbonyl (C=O) groups excluding carboxylic acids is 1. The van der Waals surface area contributed by atoms with Crippen LogP contribution in [0.3, 0.4) is 0 Å². The molecular weight excluding hydrogens is 315 g/mol. The number of thiazole rings is 1. The number of hydrogen-bond donors (Lipinski definition) is 0. The number of fused-ring (bicyclic) bond motifs is 1. The van der Waals surface area contributed by atoms with Crippen LogP contribution >= 0.6 is 11.3 Å². The van der Waals surface area contributed by atoms with E-state index in [1.165, 1.54) is 23.5 Å². The van der Waals surface area contributed by atoms with Crippen LogP contribution in [-0.4, -0.2) is 38.4 Å². The molecule has 1 amide bonds. The topological polar surface area (TPSA) is 51.0 Å². The van der Waals surface area contributed by atoms with E-state index in [0.717, 1.165) is 24.9 Å². The molecule has 0 bridgehead atoms. The molecule has 0 radical (unpaired) electrons. The lowest BCUT2D eigenvalue weighted by Crippen LogP contribution is -2.40. The van der Waals surface area contributed by atoms with Gasteiger partial charge in [0, 0.05) is 24.5 Å². The lowest BCUT2D eigenvalue weighted by Gasteiger charge is -2.33. The lowest BCUT2D eigenvalue weighted by molar-refractivity contribution is 0.0676. The van der Waals surface area contributed by atoms with Gasteiger partial charge in [-0.1, -0.05) is 0 Å². The number of piperidine rings is 1. The van der Waals surface area contributed by atoms with Gasteiger partial charge in [-0.25, -0.2) is 14.4 Å². The summed E-state index contributed by atoms with van der Waals surface area (Å²) in [4.78, 5) is 22.7. The van der Waals surface area contributed by atoms with E-state index < -0.39 is 0 Å². The summed E-state index contributed by atoms with van der Waals surface area (Å²) in [6.07, 6.45) is 3.65. The van der Waals surface area contributed by atoms with E-state index in [1.54, 1.807) is 23.3 Å². The number of imidazole rings is 1. The van der Waals surface area contributed by atoms with Crippen molar-refractivity contribution in [2.45, 2.75) is 18.9 Å². The van der Waals surface area contributed by atoms with E-state index in [4.69, 9.17) is 0 Å². The van der Waals surface area contributed by atoms with Crippen molar-refractivity contribution in [3.8, 4) is 0 Å². The van der Waals surface area contributed by atoms with Gasteiger partial charge in [0.1, 0.15) is 11.5 Å². The first-order valence-electron chi connectivity index (χ1n) is 7.52. The fourth-order valence-corrected chi connectivity index (χ4v) is 3.67. The van der Waals surface area contributed by atoms with Crippen molar-refractivity contribution in [3.63, 3.8) is 0 Å². The van der Waals surface area contributed by atoms with Crippen LogP contribution in [0, 0.1) is 5.82 Å². The number of hydrogen-bond acceptors (Lipinski definition) is 4. The lowest BCUT2D eigenvalue weighted by atomic mass is 10.0. The first kappa shape index (κ1) is 14.3. The van der Waals surface area contributed by atoms with Crippen LogP contribution in [0.15, 0.2) is 35.4 Å². The maximum atomic E-state index is 13.3. The van der Waals surface area contributed by atoms with Crippen LogP contribution in [0.1, 0.15) is 29.4 Å². The number of carbonyl (C=O) groups is 1. The summed E-state index contributed by atoms with van der Waals surface area (Å²) >= 11 is 1.42. The fourth-order valence-electron chi connectivity index (χ4n) is 3.14. The van der Waals surface area contributed by atoms with Crippen molar-refractivity contribution in [3.05, 3.63) is 46.9 Å². The van der Waals surface area contributed by atoms with Gasteiger partial charge in [0.25, 0.3) is 5.91 Å². The largest absolute Gasteiger partial charge is 0.335 e. The molecular formula is C16H15FN4OS. The van der Waals surface area contributed by atoms with Gasteiger partial charge in [0.15, 0.2) is 0 Å². The first-order valence-corrected chi connectivity index (χ1v) is 8.46. The Morgan fingerprint density at radius 2 is 2.26 bits per heavy atom. The molecule has 118 valence electrons. The molecule has 7 heteroatoms. The maximum absolute atomic E-state index is 13.3. The van der Waals surface area contributed by atoms with Gasteiger partial charge in [0.2, 0.25) is 0 Å². The van der Waals surface area contributed by atoms with Crippen LogP contribution in [-0.2, 0) is 0 Å². The number of likely N-dealkylation sites (tertiary alicyclic amines) is 1. The summed E-state index contributed by atoms with van der Waals surface area (Å²) in [5.41, 5.74) is 3.73. The Kier molecular flexibility index (Phi) is 3.57. The Morgan fingerprint density at radius 1 is 1.35 bits per heavy atom. The molecule has 0 unspecified atom stereocenters. The van der Waals surface area contributed by atoms with Crippen LogP contribution in [0.4, 0.5) is 4.39 Å². The molecule has 1 fully saturated rings. The molecule has 1 atom stereocenters. The van der Waals surface area contributed by atoms with E-state index in [1.807, 2.05) is 4.90 Å². The molecule has 0 saturated carbocycles. The summed E-state index contributed by atoms with van der Waals surface area (Å²) in [6, 6.07) is 4.79. The minimum absolute atomic E-state index is 0.0218. The fraction of sp³-hybridized carbons (Fsp3) is 0.312. The highest BCUT2D eigenvalue weighted by Crippen LogP contribution is 2.26. The summed E-state index contributed by atoms with van der Waals surface area (Å²) in [6.45, 7) is 1.37. The second kappa shape index (κ2) is 5.73. The summed E-state index contributed by atoms with van der Waals surface area (Å²) in [5.74, 6) is -0.307. The smallest absolute Gasteiger partial charge is 0.273 e. The Morgan fingerprint density at radius 3 is 3.09 bits per heavy atom. The van der Waals surface area contributed by atoms with Crippen molar-refractivity contribution >= 4 is 28.3 Å². The molecule has 3 aromatic rings. The molecule has 4 rings (SSSR count). The van der Waals surface area contributed by atoms with Gasteiger partial charge in [-0.2, -0.15) is 0 Å². The van der Waals surface area contributed by atoms with Gasteiger partial charge in [-0.05, 0) is 25.0 Å². The average Bonchev–Trinajstić information content (AvgIpc) is 3.23. The second-order valence-electron chi connectivity index (χ2n) is 5.71. The molecule has 0 aliphatic carbocycles. The molecule has 1 aliphatic heterocycles. The second-order valence-corrected chi connectivity index (χ2v) is 6.42. The molecule has 2 aromatic heterocycles.